The van der Waals surface area contributed by atoms with Gasteiger partial charge >= 0.3 is 5.69 Å². The Morgan fingerprint density at radius 1 is 1.13 bits per heavy atom. The first-order chi connectivity index (χ1) is 14.1. The van der Waals surface area contributed by atoms with Gasteiger partial charge in [-0.3, -0.25) is 13.9 Å². The van der Waals surface area contributed by atoms with Gasteiger partial charge in [0.05, 0.1) is 5.75 Å². The quantitative estimate of drug-likeness (QED) is 0.655. The first-order valence-electron chi connectivity index (χ1n) is 9.54. The molecule has 1 unspecified atom stereocenters. The lowest BCUT2D eigenvalue weighted by atomic mass is 10.2. The molecule has 1 aromatic heterocycles. The van der Waals surface area contributed by atoms with Gasteiger partial charge in [-0.1, -0.05) is 30.7 Å². The second kappa shape index (κ2) is 8.44. The molecular weight excluding hydrogens is 432 g/mol. The van der Waals surface area contributed by atoms with Crippen LogP contribution in [0.15, 0.2) is 33.9 Å². The van der Waals surface area contributed by atoms with Crippen molar-refractivity contribution in [3.63, 3.8) is 0 Å². The number of benzene rings is 1. The predicted molar refractivity (Wildman–Crippen MR) is 117 cm³/mol. The molecule has 11 heteroatoms. The molecule has 0 aliphatic carbocycles. The summed E-state index contributed by atoms with van der Waals surface area (Å²) in [6.45, 7) is 1.56. The van der Waals surface area contributed by atoms with Gasteiger partial charge in [0.15, 0.2) is 9.84 Å². The Kier molecular flexibility index (Phi) is 6.30. The minimum atomic E-state index is -3.65. The number of sulfone groups is 1. The largest absolute Gasteiger partial charge is 0.396 e. The molecule has 2 heterocycles. The summed E-state index contributed by atoms with van der Waals surface area (Å²) in [5, 5.41) is 9.68. The Morgan fingerprint density at radius 2 is 1.77 bits per heavy atom. The van der Waals surface area contributed by atoms with Crippen molar-refractivity contribution >= 4 is 32.9 Å². The van der Waals surface area contributed by atoms with Crippen molar-refractivity contribution in [2.24, 2.45) is 7.05 Å². The van der Waals surface area contributed by atoms with E-state index in [0.717, 1.165) is 10.1 Å². The number of aliphatic hydroxyl groups excluding tert-OH is 1. The van der Waals surface area contributed by atoms with Gasteiger partial charge in [0.2, 0.25) is 5.50 Å². The van der Waals surface area contributed by atoms with Crippen LogP contribution in [0.1, 0.15) is 18.9 Å². The number of rotatable bonds is 7. The molecule has 9 nitrogen and oxygen atoms in total. The third-order valence-corrected chi connectivity index (χ3v) is 7.51. The summed E-state index contributed by atoms with van der Waals surface area (Å²) < 4.78 is 28.3. The first-order valence-corrected chi connectivity index (χ1v) is 11.6. The SMILES string of the molecule is CCS(=O)(=O)C1N(C)c2c(c(=O)n(CCCO)c(=O)n2C)N1Cc1ccc(Cl)cc1. The molecule has 30 heavy (non-hydrogen) atoms. The monoisotopic (exact) mass is 456 g/mol. The summed E-state index contributed by atoms with van der Waals surface area (Å²) in [5.74, 6) is 0.126. The minimum Gasteiger partial charge on any atom is -0.396 e. The molecule has 1 aliphatic rings. The Hall–Kier alpha value is -2.30. The number of halogens is 1. The molecule has 0 spiro atoms. The maximum Gasteiger partial charge on any atom is 0.332 e. The maximum atomic E-state index is 13.3. The van der Waals surface area contributed by atoms with E-state index in [4.69, 9.17) is 16.7 Å². The molecule has 0 bridgehead atoms. The Bertz CT molecular complexity index is 1160. The molecule has 1 N–H and O–H groups in total. The Morgan fingerprint density at radius 3 is 2.33 bits per heavy atom. The van der Waals surface area contributed by atoms with Gasteiger partial charge in [-0.2, -0.15) is 0 Å². The van der Waals surface area contributed by atoms with Crippen molar-refractivity contribution in [3.05, 3.63) is 55.7 Å². The molecular formula is C19H25ClN4O5S. The number of nitrogens with zero attached hydrogens (tertiary/aromatic N) is 4. The highest BCUT2D eigenvalue weighted by Gasteiger charge is 2.45. The van der Waals surface area contributed by atoms with E-state index in [1.807, 2.05) is 0 Å². The van der Waals surface area contributed by atoms with Crippen molar-refractivity contribution < 1.29 is 13.5 Å². The van der Waals surface area contributed by atoms with Gasteiger partial charge in [-0.25, -0.2) is 13.2 Å². The van der Waals surface area contributed by atoms with Crippen LogP contribution in [-0.4, -0.2) is 47.6 Å². The zero-order valence-corrected chi connectivity index (χ0v) is 18.6. The van der Waals surface area contributed by atoms with Crippen molar-refractivity contribution in [3.8, 4) is 0 Å². The van der Waals surface area contributed by atoms with Crippen molar-refractivity contribution in [2.45, 2.75) is 31.9 Å². The standard InChI is InChI=1S/C19H25ClN4O5S/c1-4-30(28,29)19-22(3)16-15(24(19)12-13-6-8-14(20)9-7-13)17(26)23(10-5-11-25)18(27)21(16)2/h6-9,19,25H,4-5,10-12H2,1-3H3. The highest BCUT2D eigenvalue weighted by molar-refractivity contribution is 7.92. The van der Waals surface area contributed by atoms with Crippen molar-refractivity contribution in [1.82, 2.24) is 9.13 Å². The van der Waals surface area contributed by atoms with Crippen LogP contribution in [0.25, 0.3) is 0 Å². The van der Waals surface area contributed by atoms with E-state index in [9.17, 15) is 18.0 Å². The number of aromatic nitrogens is 2. The minimum absolute atomic E-state index is 0.0407. The average Bonchev–Trinajstić information content (AvgIpc) is 3.01. The summed E-state index contributed by atoms with van der Waals surface area (Å²) in [6, 6.07) is 6.92. The van der Waals surface area contributed by atoms with Crippen LogP contribution in [0, 0.1) is 0 Å². The van der Waals surface area contributed by atoms with Gasteiger partial charge < -0.3 is 14.9 Å². The Labute approximate surface area is 179 Å². The van der Waals surface area contributed by atoms with Crippen LogP contribution in [0.3, 0.4) is 0 Å². The summed E-state index contributed by atoms with van der Waals surface area (Å²) in [4.78, 5) is 29.0. The fourth-order valence-electron chi connectivity index (χ4n) is 3.77. The summed E-state index contributed by atoms with van der Waals surface area (Å²) in [7, 11) is -0.573. The lowest BCUT2D eigenvalue weighted by molar-refractivity contribution is 0.277. The van der Waals surface area contributed by atoms with Gasteiger partial charge in [0, 0.05) is 38.8 Å². The second-order valence-electron chi connectivity index (χ2n) is 7.19. The molecule has 3 rings (SSSR count). The average molecular weight is 457 g/mol. The predicted octanol–water partition coefficient (Wildman–Crippen LogP) is 0.758. The number of hydrogen-bond donors (Lipinski definition) is 1. The van der Waals surface area contributed by atoms with Crippen LogP contribution in [-0.2, 0) is 30.0 Å². The fourth-order valence-corrected chi connectivity index (χ4v) is 5.35. The molecule has 0 radical (unpaired) electrons. The Balaban J connectivity index is 2.25. The van der Waals surface area contributed by atoms with E-state index in [1.54, 1.807) is 38.2 Å². The van der Waals surface area contributed by atoms with Crippen LogP contribution < -0.4 is 21.0 Å². The van der Waals surface area contributed by atoms with Gasteiger partial charge in [-0.05, 0) is 24.1 Å². The third-order valence-electron chi connectivity index (χ3n) is 5.24. The second-order valence-corrected chi connectivity index (χ2v) is 9.95. The normalized spacial score (nSPS) is 16.2. The van der Waals surface area contributed by atoms with Crippen LogP contribution in [0.2, 0.25) is 5.02 Å². The number of aliphatic hydroxyl groups is 1. The van der Waals surface area contributed by atoms with E-state index < -0.39 is 26.6 Å². The summed E-state index contributed by atoms with van der Waals surface area (Å²) in [6.07, 6.45) is 0.234. The topological polar surface area (TPSA) is 105 Å². The van der Waals surface area contributed by atoms with E-state index in [-0.39, 0.29) is 43.4 Å². The molecule has 164 valence electrons. The highest BCUT2D eigenvalue weighted by Crippen LogP contribution is 2.38. The van der Waals surface area contributed by atoms with Gasteiger partial charge in [0.25, 0.3) is 5.56 Å². The number of fused-ring (bicyclic) bond motifs is 1. The molecule has 1 aliphatic heterocycles. The van der Waals surface area contributed by atoms with E-state index >= 15 is 0 Å². The molecule has 1 aromatic carbocycles. The molecule has 0 saturated carbocycles. The van der Waals surface area contributed by atoms with Gasteiger partial charge in [-0.15, -0.1) is 0 Å². The summed E-state index contributed by atoms with van der Waals surface area (Å²) >= 11 is 5.96. The third kappa shape index (κ3) is 3.75. The number of hydrogen-bond acceptors (Lipinski definition) is 7. The number of anilines is 2. The van der Waals surface area contributed by atoms with Crippen LogP contribution in [0.4, 0.5) is 11.5 Å². The zero-order valence-electron chi connectivity index (χ0n) is 17.1. The molecule has 2 aromatic rings. The first kappa shape index (κ1) is 22.4. The van der Waals surface area contributed by atoms with E-state index in [1.165, 1.54) is 21.4 Å². The highest BCUT2D eigenvalue weighted by atomic mass is 35.5. The summed E-state index contributed by atoms with van der Waals surface area (Å²) in [5.41, 5.74) is -1.34. The van der Waals surface area contributed by atoms with Crippen molar-refractivity contribution in [2.75, 3.05) is 29.2 Å². The van der Waals surface area contributed by atoms with E-state index in [0.29, 0.717) is 5.02 Å². The molecule has 0 fully saturated rings. The lowest BCUT2D eigenvalue weighted by Gasteiger charge is -2.29. The molecule has 0 saturated heterocycles. The molecule has 0 amide bonds. The maximum absolute atomic E-state index is 13.3. The lowest BCUT2D eigenvalue weighted by Crippen LogP contribution is -2.48. The molecule has 1 atom stereocenters. The van der Waals surface area contributed by atoms with Crippen LogP contribution in [0.5, 0.6) is 0 Å². The fraction of sp³-hybridized carbons (Fsp3) is 0.474. The van der Waals surface area contributed by atoms with Crippen molar-refractivity contribution in [1.29, 1.82) is 0 Å². The zero-order chi connectivity index (χ0) is 22.2. The van der Waals surface area contributed by atoms with Gasteiger partial charge in [0.1, 0.15) is 11.5 Å². The van der Waals surface area contributed by atoms with Crippen LogP contribution >= 0.6 is 11.6 Å². The smallest absolute Gasteiger partial charge is 0.332 e. The van der Waals surface area contributed by atoms with E-state index in [2.05, 4.69) is 0 Å².